The number of rotatable bonds is 3. The first-order valence-electron chi connectivity index (χ1n) is 8.94. The van der Waals surface area contributed by atoms with E-state index in [1.807, 2.05) is 18.5 Å². The lowest BCUT2D eigenvalue weighted by Crippen LogP contribution is -2.31. The van der Waals surface area contributed by atoms with E-state index < -0.39 is 0 Å². The summed E-state index contributed by atoms with van der Waals surface area (Å²) in [5, 5.41) is 0. The lowest BCUT2D eigenvalue weighted by atomic mass is 10.1. The zero-order chi connectivity index (χ0) is 15.9. The van der Waals surface area contributed by atoms with Gasteiger partial charge in [-0.05, 0) is 55.7 Å². The highest BCUT2D eigenvalue weighted by molar-refractivity contribution is 5.61. The van der Waals surface area contributed by atoms with Gasteiger partial charge in [0.2, 0.25) is 5.95 Å². The Morgan fingerprint density at radius 2 is 1.83 bits per heavy atom. The van der Waals surface area contributed by atoms with Gasteiger partial charge in [0.15, 0.2) is 0 Å². The predicted molar refractivity (Wildman–Crippen MR) is 94.3 cm³/mol. The maximum atomic E-state index is 4.83. The molecule has 1 saturated carbocycles. The van der Waals surface area contributed by atoms with Crippen molar-refractivity contribution in [3.8, 4) is 11.4 Å². The summed E-state index contributed by atoms with van der Waals surface area (Å²) in [5.41, 5.74) is 4.39. The van der Waals surface area contributed by atoms with Gasteiger partial charge in [-0.15, -0.1) is 0 Å². The Morgan fingerprint density at radius 3 is 2.67 bits per heavy atom. The molecule has 0 N–H and O–H groups in total. The Balaban J connectivity index is 1.55. The van der Waals surface area contributed by atoms with Crippen molar-refractivity contribution >= 4 is 11.6 Å². The van der Waals surface area contributed by atoms with Crippen LogP contribution in [0.1, 0.15) is 43.6 Å². The first-order chi connectivity index (χ1) is 11.9. The van der Waals surface area contributed by atoms with Crippen molar-refractivity contribution in [3.63, 3.8) is 0 Å². The number of piperidine rings is 1. The molecule has 0 atom stereocenters. The van der Waals surface area contributed by atoms with Crippen LogP contribution in [0.2, 0.25) is 0 Å². The third kappa shape index (κ3) is 2.44. The van der Waals surface area contributed by atoms with Gasteiger partial charge in [-0.1, -0.05) is 6.07 Å². The van der Waals surface area contributed by atoms with E-state index in [1.54, 1.807) is 0 Å². The zero-order valence-corrected chi connectivity index (χ0v) is 13.7. The van der Waals surface area contributed by atoms with E-state index in [0.717, 1.165) is 42.0 Å². The van der Waals surface area contributed by atoms with Gasteiger partial charge in [0.25, 0.3) is 0 Å². The standard InChI is InChI=1S/C19H21N5/c1-2-10-23(11-3-1)19-20-9-8-16(22-19)17-12-21-18-7-6-15(13-24(17)18)14-4-5-14/h6-9,12-14H,1-5,10-11H2. The summed E-state index contributed by atoms with van der Waals surface area (Å²) in [6.07, 6.45) is 12.4. The SMILES string of the molecule is c1cc(-c2cnc3ccc(C4CC4)cn23)nc(N2CCCCC2)n1. The maximum Gasteiger partial charge on any atom is 0.225 e. The Labute approximate surface area is 141 Å². The Bertz CT molecular complexity index is 874. The van der Waals surface area contributed by atoms with Crippen LogP contribution in [0.5, 0.6) is 0 Å². The predicted octanol–water partition coefficient (Wildman–Crippen LogP) is 3.66. The molecule has 0 amide bonds. The number of aromatic nitrogens is 4. The summed E-state index contributed by atoms with van der Waals surface area (Å²) in [7, 11) is 0. The topological polar surface area (TPSA) is 46.3 Å². The van der Waals surface area contributed by atoms with Crippen LogP contribution in [0.25, 0.3) is 17.0 Å². The highest BCUT2D eigenvalue weighted by Crippen LogP contribution is 2.40. The average molecular weight is 319 g/mol. The number of anilines is 1. The molecule has 1 aliphatic heterocycles. The quantitative estimate of drug-likeness (QED) is 0.739. The van der Waals surface area contributed by atoms with E-state index in [1.165, 1.54) is 37.7 Å². The first kappa shape index (κ1) is 14.0. The minimum absolute atomic E-state index is 0.735. The molecule has 0 spiro atoms. The molecule has 3 aromatic heterocycles. The molecule has 5 heteroatoms. The Hall–Kier alpha value is -2.43. The first-order valence-corrected chi connectivity index (χ1v) is 8.94. The van der Waals surface area contributed by atoms with Gasteiger partial charge in [-0.3, -0.25) is 4.40 Å². The lowest BCUT2D eigenvalue weighted by Gasteiger charge is -2.26. The van der Waals surface area contributed by atoms with Crippen molar-refractivity contribution in [2.75, 3.05) is 18.0 Å². The van der Waals surface area contributed by atoms with Crippen LogP contribution < -0.4 is 4.90 Å². The monoisotopic (exact) mass is 319 g/mol. The summed E-state index contributed by atoms with van der Waals surface area (Å²) in [5.74, 6) is 1.58. The van der Waals surface area contributed by atoms with Crippen molar-refractivity contribution in [1.82, 2.24) is 19.4 Å². The summed E-state index contributed by atoms with van der Waals surface area (Å²) < 4.78 is 2.18. The van der Waals surface area contributed by atoms with Gasteiger partial charge >= 0.3 is 0 Å². The van der Waals surface area contributed by atoms with Crippen LogP contribution in [0, 0.1) is 0 Å². The number of hydrogen-bond donors (Lipinski definition) is 0. The van der Waals surface area contributed by atoms with Crippen LogP contribution in [0.4, 0.5) is 5.95 Å². The summed E-state index contributed by atoms with van der Waals surface area (Å²) in [6.45, 7) is 2.12. The van der Waals surface area contributed by atoms with Crippen molar-refractivity contribution < 1.29 is 0 Å². The van der Waals surface area contributed by atoms with Gasteiger partial charge in [-0.25, -0.2) is 15.0 Å². The number of imidazole rings is 1. The average Bonchev–Trinajstić information content (AvgIpc) is 3.42. The second-order valence-corrected chi connectivity index (χ2v) is 6.90. The van der Waals surface area contributed by atoms with Gasteiger partial charge in [0, 0.05) is 25.5 Å². The molecule has 2 aliphatic rings. The summed E-state index contributed by atoms with van der Waals surface area (Å²) in [6, 6.07) is 6.31. The molecule has 3 aromatic rings. The van der Waals surface area contributed by atoms with E-state index in [2.05, 4.69) is 37.6 Å². The fourth-order valence-corrected chi connectivity index (χ4v) is 3.58. The highest BCUT2D eigenvalue weighted by atomic mass is 15.3. The van der Waals surface area contributed by atoms with E-state index in [9.17, 15) is 0 Å². The fraction of sp³-hybridized carbons (Fsp3) is 0.421. The van der Waals surface area contributed by atoms with E-state index >= 15 is 0 Å². The fourth-order valence-electron chi connectivity index (χ4n) is 3.58. The van der Waals surface area contributed by atoms with Crippen molar-refractivity contribution in [3.05, 3.63) is 42.4 Å². The van der Waals surface area contributed by atoms with Crippen molar-refractivity contribution in [1.29, 1.82) is 0 Å². The minimum atomic E-state index is 0.735. The molecule has 1 saturated heterocycles. The van der Waals surface area contributed by atoms with Crippen molar-refractivity contribution in [2.45, 2.75) is 38.0 Å². The maximum absolute atomic E-state index is 4.83. The van der Waals surface area contributed by atoms with E-state index in [-0.39, 0.29) is 0 Å². The van der Waals surface area contributed by atoms with E-state index in [4.69, 9.17) is 4.98 Å². The zero-order valence-electron chi connectivity index (χ0n) is 13.7. The number of hydrogen-bond acceptors (Lipinski definition) is 4. The molecule has 2 fully saturated rings. The molecule has 122 valence electrons. The molecule has 0 unspecified atom stereocenters. The number of fused-ring (bicyclic) bond motifs is 1. The molecule has 0 radical (unpaired) electrons. The van der Waals surface area contributed by atoms with Crippen LogP contribution in [0.3, 0.4) is 0 Å². The normalized spacial score (nSPS) is 18.2. The summed E-state index contributed by atoms with van der Waals surface area (Å²) >= 11 is 0. The number of pyridine rings is 1. The molecule has 0 aromatic carbocycles. The highest BCUT2D eigenvalue weighted by Gasteiger charge is 2.24. The Morgan fingerprint density at radius 1 is 0.958 bits per heavy atom. The largest absolute Gasteiger partial charge is 0.341 e. The molecular weight excluding hydrogens is 298 g/mol. The number of nitrogens with zero attached hydrogens (tertiary/aromatic N) is 5. The van der Waals surface area contributed by atoms with Gasteiger partial charge in [0.1, 0.15) is 5.65 Å². The van der Waals surface area contributed by atoms with Crippen LogP contribution in [-0.4, -0.2) is 32.4 Å². The third-order valence-corrected chi connectivity index (χ3v) is 5.12. The minimum Gasteiger partial charge on any atom is -0.341 e. The van der Waals surface area contributed by atoms with Crippen molar-refractivity contribution in [2.24, 2.45) is 0 Å². The molecule has 1 aliphatic carbocycles. The van der Waals surface area contributed by atoms with Crippen LogP contribution >= 0.6 is 0 Å². The smallest absolute Gasteiger partial charge is 0.225 e. The molecule has 24 heavy (non-hydrogen) atoms. The third-order valence-electron chi connectivity index (χ3n) is 5.12. The molecular formula is C19H21N5. The summed E-state index contributed by atoms with van der Waals surface area (Å²) in [4.78, 5) is 16.2. The van der Waals surface area contributed by atoms with Gasteiger partial charge in [-0.2, -0.15) is 0 Å². The molecule has 4 heterocycles. The van der Waals surface area contributed by atoms with Gasteiger partial charge < -0.3 is 4.90 Å². The second kappa shape index (κ2) is 5.58. The Kier molecular flexibility index (Phi) is 3.25. The second-order valence-electron chi connectivity index (χ2n) is 6.90. The lowest BCUT2D eigenvalue weighted by molar-refractivity contribution is 0.568. The molecule has 5 rings (SSSR count). The molecule has 0 bridgehead atoms. The van der Waals surface area contributed by atoms with Crippen LogP contribution in [-0.2, 0) is 0 Å². The molecule has 5 nitrogen and oxygen atoms in total. The van der Waals surface area contributed by atoms with Crippen LogP contribution in [0.15, 0.2) is 36.8 Å². The van der Waals surface area contributed by atoms with Gasteiger partial charge in [0.05, 0.1) is 17.6 Å². The van der Waals surface area contributed by atoms with E-state index in [0.29, 0.717) is 0 Å².